The van der Waals surface area contributed by atoms with Crippen LogP contribution < -0.4 is 15.1 Å². The van der Waals surface area contributed by atoms with E-state index in [9.17, 15) is 29.9 Å². The zero-order valence-electron chi connectivity index (χ0n) is 20.6. The molecule has 0 saturated carbocycles. The van der Waals surface area contributed by atoms with Crippen molar-refractivity contribution >= 4 is 49.6 Å². The highest BCUT2D eigenvalue weighted by atomic mass is 35.5. The van der Waals surface area contributed by atoms with E-state index in [1.807, 2.05) is 11.0 Å². The van der Waals surface area contributed by atoms with Gasteiger partial charge in [-0.1, -0.05) is 32.4 Å². The third-order valence-corrected chi connectivity index (χ3v) is 11.3. The lowest BCUT2D eigenvalue weighted by Crippen LogP contribution is -2.59. The van der Waals surface area contributed by atoms with Crippen molar-refractivity contribution in [2.75, 3.05) is 30.0 Å². The number of carbonyl (C=O) groups is 3. The van der Waals surface area contributed by atoms with Crippen LogP contribution in [0.15, 0.2) is 12.1 Å². The van der Waals surface area contributed by atoms with Gasteiger partial charge in [0.2, 0.25) is 0 Å². The van der Waals surface area contributed by atoms with Crippen molar-refractivity contribution in [3.63, 3.8) is 0 Å². The molecule has 11 nitrogen and oxygen atoms in total. The Bertz CT molecular complexity index is 1020. The number of nitrogens with zero attached hydrogens (tertiary/aromatic N) is 3. The molecule has 1 saturated heterocycles. The summed E-state index contributed by atoms with van der Waals surface area (Å²) in [5, 5.41) is 30.9. The predicted octanol–water partition coefficient (Wildman–Crippen LogP) is 4.70. The van der Waals surface area contributed by atoms with Crippen molar-refractivity contribution in [1.82, 2.24) is 5.32 Å². The molecule has 192 valence electrons. The zero-order chi connectivity index (χ0) is 26.7. The van der Waals surface area contributed by atoms with Crippen LogP contribution in [-0.4, -0.2) is 69.2 Å². The number of anilines is 2. The number of hydrogen-bond acceptors (Lipinski definition) is 7. The number of rotatable bonds is 5. The fourth-order valence-electron chi connectivity index (χ4n) is 3.52. The third kappa shape index (κ3) is 6.36. The standard InChI is InChI=1S/C22H31ClN4O7Si/c1-22(2,3)35(5,6)34-17-12-26(8-7-14(17)25-19(28)33-4)15-9-13(11-24)10-16(18(15)23)27(20(29)30)21(31)32/h9-10,14,17H,7-8,12H2,1-6H3,(H,25,28)(H,29,30)(H,31,32)/t14-,17-/m0/s1. The normalized spacial score (nSPS) is 18.4. The molecule has 3 amide bonds. The van der Waals surface area contributed by atoms with Gasteiger partial charge in [0.25, 0.3) is 0 Å². The van der Waals surface area contributed by atoms with Gasteiger partial charge in [-0.25, -0.2) is 14.4 Å². The summed E-state index contributed by atoms with van der Waals surface area (Å²) in [4.78, 5) is 37.0. The van der Waals surface area contributed by atoms with Crippen LogP contribution in [0.5, 0.6) is 0 Å². The molecule has 0 unspecified atom stereocenters. The molecule has 1 heterocycles. The van der Waals surface area contributed by atoms with E-state index < -0.39 is 32.7 Å². The second-order valence-electron chi connectivity index (χ2n) is 9.73. The number of nitriles is 1. The number of carbonyl (C=O) groups excluding carboxylic acids is 1. The maximum absolute atomic E-state index is 12.0. The van der Waals surface area contributed by atoms with E-state index in [-0.39, 0.29) is 38.8 Å². The molecule has 0 aromatic heterocycles. The fraction of sp³-hybridized carbons (Fsp3) is 0.545. The maximum Gasteiger partial charge on any atom is 0.421 e. The molecule has 0 bridgehead atoms. The van der Waals surface area contributed by atoms with Crippen LogP contribution in [0.1, 0.15) is 32.8 Å². The minimum absolute atomic E-state index is 0.0450. The van der Waals surface area contributed by atoms with Crippen LogP contribution in [0.4, 0.5) is 25.8 Å². The molecular weight excluding hydrogens is 496 g/mol. The first kappa shape index (κ1) is 28.2. The number of ether oxygens (including phenoxy) is 1. The zero-order valence-corrected chi connectivity index (χ0v) is 22.3. The van der Waals surface area contributed by atoms with Crippen molar-refractivity contribution in [2.24, 2.45) is 0 Å². The molecule has 1 aliphatic heterocycles. The van der Waals surface area contributed by atoms with Gasteiger partial charge in [0.05, 0.1) is 47.3 Å². The average molecular weight is 527 g/mol. The number of nitrogens with one attached hydrogen (secondary N) is 1. The number of halogens is 1. The lowest BCUT2D eigenvalue weighted by Gasteiger charge is -2.46. The number of methoxy groups -OCH3 is 1. The molecule has 35 heavy (non-hydrogen) atoms. The number of amides is 3. The highest BCUT2D eigenvalue weighted by Crippen LogP contribution is 2.41. The number of imide groups is 1. The summed E-state index contributed by atoms with van der Waals surface area (Å²) in [5.74, 6) is 0. The van der Waals surface area contributed by atoms with Crippen LogP contribution in [0.25, 0.3) is 0 Å². The number of benzene rings is 1. The van der Waals surface area contributed by atoms with Crippen LogP contribution >= 0.6 is 11.6 Å². The summed E-state index contributed by atoms with van der Waals surface area (Å²) >= 11 is 6.51. The lowest BCUT2D eigenvalue weighted by atomic mass is 10.0. The Balaban J connectivity index is 2.52. The first-order valence-electron chi connectivity index (χ1n) is 10.9. The van der Waals surface area contributed by atoms with Crippen LogP contribution in [-0.2, 0) is 9.16 Å². The molecule has 0 aliphatic carbocycles. The van der Waals surface area contributed by atoms with E-state index in [1.54, 1.807) is 0 Å². The van der Waals surface area contributed by atoms with Crippen molar-refractivity contribution in [1.29, 1.82) is 5.26 Å². The van der Waals surface area contributed by atoms with Crippen LogP contribution in [0.3, 0.4) is 0 Å². The summed E-state index contributed by atoms with van der Waals surface area (Å²) in [5.41, 5.74) is 0.00882. The molecule has 13 heteroatoms. The molecule has 1 aromatic rings. The van der Waals surface area contributed by atoms with Crippen molar-refractivity contribution < 1.29 is 33.8 Å². The van der Waals surface area contributed by atoms with Crippen LogP contribution in [0, 0.1) is 11.3 Å². The van der Waals surface area contributed by atoms with E-state index in [0.29, 0.717) is 18.7 Å². The lowest BCUT2D eigenvalue weighted by molar-refractivity contribution is 0.109. The number of alkyl carbamates (subject to hydrolysis) is 1. The number of piperidine rings is 1. The van der Waals surface area contributed by atoms with Gasteiger partial charge < -0.3 is 29.6 Å². The predicted molar refractivity (Wildman–Crippen MR) is 133 cm³/mol. The molecule has 0 spiro atoms. The van der Waals surface area contributed by atoms with E-state index >= 15 is 0 Å². The Morgan fingerprint density at radius 2 is 1.86 bits per heavy atom. The average Bonchev–Trinajstić information content (AvgIpc) is 2.74. The Hall–Kier alpha value is -3.01. The van der Waals surface area contributed by atoms with Gasteiger partial charge in [0.1, 0.15) is 0 Å². The van der Waals surface area contributed by atoms with Gasteiger partial charge in [0, 0.05) is 13.1 Å². The molecule has 2 atom stereocenters. The van der Waals surface area contributed by atoms with Crippen molar-refractivity contribution in [2.45, 2.75) is 57.5 Å². The van der Waals surface area contributed by atoms with E-state index in [2.05, 4.69) is 39.2 Å². The monoisotopic (exact) mass is 526 g/mol. The Labute approximate surface area is 210 Å². The number of carboxylic acid groups (broad SMARTS) is 2. The Morgan fingerprint density at radius 1 is 1.26 bits per heavy atom. The van der Waals surface area contributed by atoms with Gasteiger partial charge >= 0.3 is 18.3 Å². The van der Waals surface area contributed by atoms with Gasteiger partial charge in [-0.2, -0.15) is 10.2 Å². The largest absolute Gasteiger partial charge is 0.464 e. The SMILES string of the molecule is COC(=O)N[C@H]1CCN(c2cc(C#N)cc(N(C(=O)O)C(=O)O)c2Cl)C[C@@H]1O[Si](C)(C)C(C)(C)C. The Morgan fingerprint density at radius 3 is 2.34 bits per heavy atom. The maximum atomic E-state index is 12.0. The summed E-state index contributed by atoms with van der Waals surface area (Å²) in [6.45, 7) is 11.1. The molecule has 1 aromatic carbocycles. The van der Waals surface area contributed by atoms with E-state index in [0.717, 1.165) is 6.07 Å². The highest BCUT2D eigenvalue weighted by Gasteiger charge is 2.43. The fourth-order valence-corrected chi connectivity index (χ4v) is 5.19. The van der Waals surface area contributed by atoms with Gasteiger partial charge in [-0.15, -0.1) is 0 Å². The highest BCUT2D eigenvalue weighted by molar-refractivity contribution is 6.74. The summed E-state index contributed by atoms with van der Waals surface area (Å²) in [6, 6.07) is 4.15. The second-order valence-corrected chi connectivity index (χ2v) is 14.9. The number of hydrogen-bond donors (Lipinski definition) is 3. The second kappa shape index (κ2) is 10.7. The smallest absolute Gasteiger partial charge is 0.421 e. The topological polar surface area (TPSA) is 152 Å². The van der Waals surface area contributed by atoms with Gasteiger partial charge in [0.15, 0.2) is 8.32 Å². The summed E-state index contributed by atoms with van der Waals surface area (Å²) in [6.07, 6.45) is -4.11. The van der Waals surface area contributed by atoms with Crippen molar-refractivity contribution in [3.8, 4) is 6.07 Å². The molecule has 1 fully saturated rings. The van der Waals surface area contributed by atoms with E-state index in [4.69, 9.17) is 20.8 Å². The van der Waals surface area contributed by atoms with Gasteiger partial charge in [-0.05, 0) is 36.7 Å². The first-order chi connectivity index (χ1) is 16.1. The van der Waals surface area contributed by atoms with E-state index in [1.165, 1.54) is 13.2 Å². The molecule has 2 rings (SSSR count). The van der Waals surface area contributed by atoms with Crippen molar-refractivity contribution in [3.05, 3.63) is 22.7 Å². The van der Waals surface area contributed by atoms with Crippen LogP contribution in [0.2, 0.25) is 23.2 Å². The molecule has 0 radical (unpaired) electrons. The third-order valence-electron chi connectivity index (χ3n) is 6.43. The van der Waals surface area contributed by atoms with Gasteiger partial charge in [-0.3, -0.25) is 0 Å². The molecular formula is C22H31ClN4O7Si. The minimum Gasteiger partial charge on any atom is -0.464 e. The summed E-state index contributed by atoms with van der Waals surface area (Å²) in [7, 11) is -1.01. The minimum atomic E-state index is -2.28. The Kier molecular flexibility index (Phi) is 8.64. The molecule has 3 N–H and O–H groups in total. The first-order valence-corrected chi connectivity index (χ1v) is 14.2. The quantitative estimate of drug-likeness (QED) is 0.463. The molecule has 1 aliphatic rings. The summed E-state index contributed by atoms with van der Waals surface area (Å²) < 4.78 is 11.4.